The molecule has 6 heteroatoms. The van der Waals surface area contributed by atoms with Crippen molar-refractivity contribution in [2.24, 2.45) is 0 Å². The minimum atomic E-state index is -3.92. The molecule has 2 N–H and O–H groups in total. The summed E-state index contributed by atoms with van der Waals surface area (Å²) in [6, 6.07) is 25.7. The summed E-state index contributed by atoms with van der Waals surface area (Å²) in [4.78, 5) is 6.86. The average Bonchev–Trinajstić information content (AvgIpc) is 3.34. The van der Waals surface area contributed by atoms with Crippen LogP contribution in [0.5, 0.6) is 0 Å². The Morgan fingerprint density at radius 1 is 0.935 bits per heavy atom. The molecule has 0 amide bonds. The quantitative estimate of drug-likeness (QED) is 0.478. The van der Waals surface area contributed by atoms with E-state index in [1.807, 2.05) is 0 Å². The van der Waals surface area contributed by atoms with Crippen LogP contribution in [-0.2, 0) is 10.1 Å². The van der Waals surface area contributed by atoms with Gasteiger partial charge in [0, 0.05) is 40.6 Å². The summed E-state index contributed by atoms with van der Waals surface area (Å²) in [6.07, 6.45) is 4.86. The number of fused-ring (bicyclic) bond motifs is 2. The third kappa shape index (κ3) is 4.66. The second-order valence-electron chi connectivity index (χ2n) is 7.44. The van der Waals surface area contributed by atoms with Gasteiger partial charge in [-0.15, -0.1) is 0 Å². The van der Waals surface area contributed by atoms with E-state index in [1.54, 1.807) is 0 Å². The van der Waals surface area contributed by atoms with Gasteiger partial charge >= 0.3 is 0 Å². The molecule has 0 unspecified atom stereocenters. The molecule has 0 saturated heterocycles. The summed E-state index contributed by atoms with van der Waals surface area (Å²) in [6.45, 7) is 2.13. The van der Waals surface area contributed by atoms with Crippen LogP contribution in [0.3, 0.4) is 0 Å². The maximum Gasteiger partial charge on any atom is 0.211 e. The molecular weight excluding hydrogens is 408 g/mol. The Hall–Kier alpha value is -3.48. The van der Waals surface area contributed by atoms with Crippen LogP contribution in [0.25, 0.3) is 22.0 Å². The van der Waals surface area contributed by atoms with Crippen LogP contribution in [0.4, 0.5) is 5.69 Å². The van der Waals surface area contributed by atoms with Crippen LogP contribution in [0.15, 0.2) is 79.0 Å². The third-order valence-corrected chi connectivity index (χ3v) is 5.06. The number of nitrogens with one attached hydrogen (secondary N) is 2. The fraction of sp³-hybridized carbons (Fsp3) is 0.0800. The van der Waals surface area contributed by atoms with Crippen molar-refractivity contribution >= 4 is 44.1 Å². The molecular formula is C25H22N2O3S. The number of aromatic nitrogens is 1. The molecule has 156 valence electrons. The van der Waals surface area contributed by atoms with E-state index in [0.717, 1.165) is 11.2 Å². The molecule has 0 fully saturated rings. The molecule has 0 spiro atoms. The predicted octanol–water partition coefficient (Wildman–Crippen LogP) is 3.39. The van der Waals surface area contributed by atoms with Gasteiger partial charge in [-0.3, -0.25) is 0 Å². The number of para-hydroxylation sites is 2. The van der Waals surface area contributed by atoms with Gasteiger partial charge in [-0.05, 0) is 24.6 Å². The van der Waals surface area contributed by atoms with Gasteiger partial charge in [0.2, 0.25) is 5.69 Å². The first-order chi connectivity index (χ1) is 14.8. The highest BCUT2D eigenvalue weighted by atomic mass is 32.2. The van der Waals surface area contributed by atoms with E-state index < -0.39 is 10.1 Å². The van der Waals surface area contributed by atoms with E-state index in [2.05, 4.69) is 102 Å². The molecule has 31 heavy (non-hydrogen) atoms. The van der Waals surface area contributed by atoms with Crippen LogP contribution in [-0.4, -0.2) is 30.4 Å². The van der Waals surface area contributed by atoms with Gasteiger partial charge in [-0.25, -0.2) is 13.4 Å². The van der Waals surface area contributed by atoms with Gasteiger partial charge in [-0.2, -0.15) is 0 Å². The maximum atomic E-state index is 9.08. The number of hydrogen-bond acceptors (Lipinski definition) is 3. The van der Waals surface area contributed by atoms with Crippen LogP contribution >= 0.6 is 0 Å². The molecule has 0 bridgehead atoms. The van der Waals surface area contributed by atoms with Gasteiger partial charge in [0.25, 0.3) is 0 Å². The SMILES string of the molecule is CS(=O)(=O)[O-].Cc1ccc(/C(=C2/C=[NH+]c3ccccc32)c2c[nH]c3ccccc23)cc1. The number of allylic oxidation sites excluding steroid dienone is 1. The fourth-order valence-corrected chi connectivity index (χ4v) is 3.73. The van der Waals surface area contributed by atoms with Crippen molar-refractivity contribution in [1.82, 2.24) is 4.98 Å². The standard InChI is InChI=1S/C24H18N2.CH4O3S/c1-16-10-12-17(13-11-16)24(20-14-25-22-8-4-2-6-18(20)22)21-15-26-23-9-5-3-7-19(21)23;1-5(2,3)4/h2-15,25H,1H3;1H3,(H,2,3,4)/b24-21+;. The molecule has 2 heterocycles. The van der Waals surface area contributed by atoms with E-state index in [9.17, 15) is 0 Å². The first-order valence-electron chi connectivity index (χ1n) is 9.79. The summed E-state index contributed by atoms with van der Waals surface area (Å²) >= 11 is 0. The minimum absolute atomic E-state index is 0.604. The van der Waals surface area contributed by atoms with Gasteiger partial charge in [0.05, 0.1) is 21.3 Å². The molecule has 0 aliphatic carbocycles. The topological polar surface area (TPSA) is 87.0 Å². The average molecular weight is 431 g/mol. The zero-order chi connectivity index (χ0) is 22.0. The van der Waals surface area contributed by atoms with E-state index >= 15 is 0 Å². The lowest BCUT2D eigenvalue weighted by molar-refractivity contribution is -0.342. The summed E-state index contributed by atoms with van der Waals surface area (Å²) in [5.41, 5.74) is 9.77. The van der Waals surface area contributed by atoms with Crippen molar-refractivity contribution in [1.29, 1.82) is 0 Å². The zero-order valence-electron chi connectivity index (χ0n) is 17.2. The van der Waals surface area contributed by atoms with Crippen LogP contribution in [0.1, 0.15) is 22.3 Å². The van der Waals surface area contributed by atoms with Crippen LogP contribution < -0.4 is 4.99 Å². The van der Waals surface area contributed by atoms with Crippen molar-refractivity contribution in [2.45, 2.75) is 6.92 Å². The minimum Gasteiger partial charge on any atom is -0.748 e. The molecule has 1 aliphatic heterocycles. The Morgan fingerprint density at radius 2 is 1.58 bits per heavy atom. The number of aryl methyl sites for hydroxylation is 1. The lowest BCUT2D eigenvalue weighted by atomic mass is 9.90. The lowest BCUT2D eigenvalue weighted by Crippen LogP contribution is -2.58. The smallest absolute Gasteiger partial charge is 0.211 e. The summed E-state index contributed by atoms with van der Waals surface area (Å²) in [5, 5.41) is 1.24. The zero-order valence-corrected chi connectivity index (χ0v) is 18.0. The first-order valence-corrected chi connectivity index (χ1v) is 11.6. The highest BCUT2D eigenvalue weighted by Crippen LogP contribution is 2.37. The molecule has 3 aromatic carbocycles. The van der Waals surface area contributed by atoms with Gasteiger partial charge in [0.15, 0.2) is 6.21 Å². The van der Waals surface area contributed by atoms with Crippen molar-refractivity contribution in [3.63, 3.8) is 0 Å². The fourth-order valence-electron chi connectivity index (χ4n) is 3.73. The van der Waals surface area contributed by atoms with Crippen LogP contribution in [0.2, 0.25) is 0 Å². The molecule has 5 nitrogen and oxygen atoms in total. The van der Waals surface area contributed by atoms with E-state index in [-0.39, 0.29) is 0 Å². The van der Waals surface area contributed by atoms with E-state index in [1.165, 1.54) is 38.8 Å². The number of aromatic amines is 1. The van der Waals surface area contributed by atoms with Crippen LogP contribution in [0, 0.1) is 6.92 Å². The Morgan fingerprint density at radius 3 is 2.32 bits per heavy atom. The number of hydrogen-bond donors (Lipinski definition) is 2. The molecule has 1 aliphatic rings. The molecule has 4 aromatic rings. The number of benzene rings is 3. The van der Waals surface area contributed by atoms with Gasteiger partial charge in [-0.1, -0.05) is 60.2 Å². The third-order valence-electron chi connectivity index (χ3n) is 5.06. The Labute approximate surface area is 181 Å². The Balaban J connectivity index is 0.000000418. The highest BCUT2D eigenvalue weighted by molar-refractivity contribution is 7.84. The Bertz CT molecular complexity index is 1400. The van der Waals surface area contributed by atoms with Crippen molar-refractivity contribution in [3.8, 4) is 0 Å². The first kappa shape index (κ1) is 20.8. The number of rotatable bonds is 2. The lowest BCUT2D eigenvalue weighted by Gasteiger charge is -2.10. The summed E-state index contributed by atoms with van der Waals surface area (Å²) in [7, 11) is -3.92. The van der Waals surface area contributed by atoms with E-state index in [4.69, 9.17) is 13.0 Å². The van der Waals surface area contributed by atoms with E-state index in [0.29, 0.717) is 6.26 Å². The second kappa shape index (κ2) is 8.34. The molecule has 0 atom stereocenters. The predicted molar refractivity (Wildman–Crippen MR) is 124 cm³/mol. The van der Waals surface area contributed by atoms with Crippen molar-refractivity contribution < 1.29 is 18.0 Å². The summed E-state index contributed by atoms with van der Waals surface area (Å²) in [5.74, 6) is 0. The molecule has 0 saturated carbocycles. The van der Waals surface area contributed by atoms with Gasteiger partial charge < -0.3 is 9.54 Å². The highest BCUT2D eigenvalue weighted by Gasteiger charge is 2.24. The monoisotopic (exact) mass is 430 g/mol. The second-order valence-corrected chi connectivity index (χ2v) is 8.85. The molecule has 0 radical (unpaired) electrons. The largest absolute Gasteiger partial charge is 0.748 e. The van der Waals surface area contributed by atoms with Crippen molar-refractivity contribution in [3.05, 3.63) is 101 Å². The molecule has 5 rings (SSSR count). The van der Waals surface area contributed by atoms with Crippen molar-refractivity contribution in [2.75, 3.05) is 6.26 Å². The van der Waals surface area contributed by atoms with Gasteiger partial charge in [0.1, 0.15) is 0 Å². The summed E-state index contributed by atoms with van der Waals surface area (Å²) < 4.78 is 27.2. The Kier molecular flexibility index (Phi) is 5.59. The normalized spacial score (nSPS) is 14.2. The maximum absolute atomic E-state index is 9.08. The number of H-pyrrole nitrogens is 1. The molecule has 1 aromatic heterocycles.